The fraction of sp³-hybridized carbons (Fsp3) is 0.375. The summed E-state index contributed by atoms with van der Waals surface area (Å²) in [4.78, 5) is 12.1. The Morgan fingerprint density at radius 2 is 2.30 bits per heavy atom. The molecule has 0 aliphatic carbocycles. The second kappa shape index (κ2) is 7.04. The first-order valence-electron chi connectivity index (χ1n) is 7.48. The van der Waals surface area contributed by atoms with E-state index >= 15 is 0 Å². The minimum absolute atomic E-state index is 0.121. The second-order valence-corrected chi connectivity index (χ2v) is 5.02. The standard InChI is InChI=1S/C16H18N2O5/c1-2-20-11-3-4-14-12(9-11)13(5-7-21-14)17-15(19)10-22-16-6-8-23-18-16/h3-4,6,8-9,13H,2,5,7,10H2,1H3,(H,17,19). The van der Waals surface area contributed by atoms with Gasteiger partial charge in [0.1, 0.15) is 17.8 Å². The first-order chi connectivity index (χ1) is 11.3. The van der Waals surface area contributed by atoms with Gasteiger partial charge in [0.15, 0.2) is 6.61 Å². The van der Waals surface area contributed by atoms with E-state index in [0.717, 1.165) is 17.1 Å². The average molecular weight is 318 g/mol. The zero-order valence-corrected chi connectivity index (χ0v) is 12.8. The maximum Gasteiger partial charge on any atom is 0.258 e. The SMILES string of the molecule is CCOc1ccc2c(c1)C(NC(=O)COc1ccon1)CCO2. The van der Waals surface area contributed by atoms with Gasteiger partial charge in [-0.05, 0) is 30.3 Å². The highest BCUT2D eigenvalue weighted by molar-refractivity contribution is 5.78. The van der Waals surface area contributed by atoms with Crippen molar-refractivity contribution in [1.29, 1.82) is 0 Å². The van der Waals surface area contributed by atoms with Crippen molar-refractivity contribution in [2.24, 2.45) is 0 Å². The third kappa shape index (κ3) is 3.74. The minimum Gasteiger partial charge on any atom is -0.494 e. The molecule has 1 aromatic carbocycles. The third-order valence-corrected chi connectivity index (χ3v) is 3.43. The molecule has 23 heavy (non-hydrogen) atoms. The number of fused-ring (bicyclic) bond motifs is 1. The molecule has 0 fully saturated rings. The number of hydrogen-bond acceptors (Lipinski definition) is 6. The molecule has 1 atom stereocenters. The number of ether oxygens (including phenoxy) is 3. The van der Waals surface area contributed by atoms with Gasteiger partial charge >= 0.3 is 0 Å². The molecule has 1 aliphatic rings. The Kier molecular flexibility index (Phi) is 4.65. The van der Waals surface area contributed by atoms with E-state index in [2.05, 4.69) is 15.0 Å². The number of hydrogen-bond donors (Lipinski definition) is 1. The first kappa shape index (κ1) is 15.2. The molecule has 2 heterocycles. The molecule has 0 radical (unpaired) electrons. The van der Waals surface area contributed by atoms with Crippen LogP contribution in [0.5, 0.6) is 17.4 Å². The van der Waals surface area contributed by atoms with Crippen LogP contribution in [0.1, 0.15) is 24.9 Å². The molecule has 1 aliphatic heterocycles. The fourth-order valence-electron chi connectivity index (χ4n) is 2.43. The van der Waals surface area contributed by atoms with Crippen molar-refractivity contribution in [1.82, 2.24) is 10.5 Å². The van der Waals surface area contributed by atoms with E-state index in [1.54, 1.807) is 6.07 Å². The molecule has 1 aromatic heterocycles. The van der Waals surface area contributed by atoms with Gasteiger partial charge in [-0.3, -0.25) is 4.79 Å². The zero-order valence-electron chi connectivity index (χ0n) is 12.8. The number of aromatic nitrogens is 1. The smallest absolute Gasteiger partial charge is 0.258 e. The van der Waals surface area contributed by atoms with Gasteiger partial charge in [0.2, 0.25) is 0 Å². The second-order valence-electron chi connectivity index (χ2n) is 5.02. The van der Waals surface area contributed by atoms with Crippen LogP contribution in [0.4, 0.5) is 0 Å². The minimum atomic E-state index is -0.229. The lowest BCUT2D eigenvalue weighted by molar-refractivity contribution is -0.124. The summed E-state index contributed by atoms with van der Waals surface area (Å²) in [6.07, 6.45) is 2.08. The van der Waals surface area contributed by atoms with Crippen molar-refractivity contribution >= 4 is 5.91 Å². The molecule has 122 valence electrons. The summed E-state index contributed by atoms with van der Waals surface area (Å²) >= 11 is 0. The van der Waals surface area contributed by atoms with Gasteiger partial charge in [0.25, 0.3) is 11.8 Å². The van der Waals surface area contributed by atoms with Gasteiger partial charge in [-0.2, -0.15) is 0 Å². The van der Waals surface area contributed by atoms with Gasteiger partial charge in [0.05, 0.1) is 19.3 Å². The summed E-state index contributed by atoms with van der Waals surface area (Å²) in [6.45, 7) is 2.94. The van der Waals surface area contributed by atoms with Crippen molar-refractivity contribution < 1.29 is 23.5 Å². The summed E-state index contributed by atoms with van der Waals surface area (Å²) in [5, 5.41) is 6.54. The number of rotatable bonds is 6. The fourth-order valence-corrected chi connectivity index (χ4v) is 2.43. The predicted molar refractivity (Wildman–Crippen MR) is 80.6 cm³/mol. The Balaban J connectivity index is 1.64. The highest BCUT2D eigenvalue weighted by Crippen LogP contribution is 2.34. The lowest BCUT2D eigenvalue weighted by atomic mass is 10.00. The average Bonchev–Trinajstić information content (AvgIpc) is 3.07. The van der Waals surface area contributed by atoms with Gasteiger partial charge < -0.3 is 24.1 Å². The molecular formula is C16H18N2O5. The molecule has 2 aromatic rings. The van der Waals surface area contributed by atoms with E-state index in [1.807, 2.05) is 25.1 Å². The lowest BCUT2D eigenvalue weighted by Gasteiger charge is -2.27. The highest BCUT2D eigenvalue weighted by Gasteiger charge is 2.24. The predicted octanol–water partition coefficient (Wildman–Crippen LogP) is 2.09. The Morgan fingerprint density at radius 3 is 3.09 bits per heavy atom. The number of benzene rings is 1. The molecule has 0 spiro atoms. The van der Waals surface area contributed by atoms with E-state index in [4.69, 9.17) is 14.2 Å². The Labute approximate surface area is 133 Å². The quantitative estimate of drug-likeness (QED) is 0.878. The van der Waals surface area contributed by atoms with Gasteiger partial charge in [-0.25, -0.2) is 0 Å². The van der Waals surface area contributed by atoms with E-state index in [0.29, 0.717) is 19.6 Å². The number of carbonyl (C=O) groups is 1. The normalized spacial score (nSPS) is 16.1. The number of carbonyl (C=O) groups excluding carboxylic acids is 1. The van der Waals surface area contributed by atoms with E-state index in [1.165, 1.54) is 6.26 Å². The van der Waals surface area contributed by atoms with Gasteiger partial charge in [-0.1, -0.05) is 0 Å². The van der Waals surface area contributed by atoms with Crippen LogP contribution < -0.4 is 19.5 Å². The monoisotopic (exact) mass is 318 g/mol. The molecule has 3 rings (SSSR count). The lowest BCUT2D eigenvalue weighted by Crippen LogP contribution is -2.35. The molecule has 1 N–H and O–H groups in total. The molecule has 1 amide bonds. The molecule has 0 saturated heterocycles. The maximum atomic E-state index is 12.1. The molecule has 0 saturated carbocycles. The summed E-state index contributed by atoms with van der Waals surface area (Å²) in [7, 11) is 0. The molecule has 1 unspecified atom stereocenters. The van der Waals surface area contributed by atoms with Crippen molar-refractivity contribution in [2.45, 2.75) is 19.4 Å². The number of nitrogens with one attached hydrogen (secondary N) is 1. The highest BCUT2D eigenvalue weighted by atomic mass is 16.5. The maximum absolute atomic E-state index is 12.1. The van der Waals surface area contributed by atoms with Crippen LogP contribution in [0.3, 0.4) is 0 Å². The Hall–Kier alpha value is -2.70. The van der Waals surface area contributed by atoms with E-state index in [-0.39, 0.29) is 24.4 Å². The Morgan fingerprint density at radius 1 is 1.39 bits per heavy atom. The van der Waals surface area contributed by atoms with Crippen LogP contribution in [-0.4, -0.2) is 30.9 Å². The van der Waals surface area contributed by atoms with Crippen molar-refractivity contribution in [3.63, 3.8) is 0 Å². The molecular weight excluding hydrogens is 300 g/mol. The van der Waals surface area contributed by atoms with Crippen LogP contribution in [0.25, 0.3) is 0 Å². The van der Waals surface area contributed by atoms with Crippen LogP contribution in [0.2, 0.25) is 0 Å². The van der Waals surface area contributed by atoms with E-state index in [9.17, 15) is 4.79 Å². The Bertz CT molecular complexity index is 656. The molecule has 7 heteroatoms. The third-order valence-electron chi connectivity index (χ3n) is 3.43. The van der Waals surface area contributed by atoms with Crippen molar-refractivity contribution in [3.05, 3.63) is 36.1 Å². The van der Waals surface area contributed by atoms with Crippen molar-refractivity contribution in [3.8, 4) is 17.4 Å². The number of amides is 1. The summed E-state index contributed by atoms with van der Waals surface area (Å²) in [5.41, 5.74) is 0.914. The van der Waals surface area contributed by atoms with Crippen LogP contribution >= 0.6 is 0 Å². The van der Waals surface area contributed by atoms with Crippen LogP contribution in [-0.2, 0) is 4.79 Å². The molecule has 0 bridgehead atoms. The zero-order chi connectivity index (χ0) is 16.1. The number of nitrogens with zero attached hydrogens (tertiary/aromatic N) is 1. The summed E-state index contributed by atoms with van der Waals surface area (Å²) in [5.74, 6) is 1.58. The summed E-state index contributed by atoms with van der Waals surface area (Å²) in [6, 6.07) is 7.05. The van der Waals surface area contributed by atoms with Crippen LogP contribution in [0, 0.1) is 0 Å². The van der Waals surface area contributed by atoms with Crippen LogP contribution in [0.15, 0.2) is 35.1 Å². The van der Waals surface area contributed by atoms with Gasteiger partial charge in [0, 0.05) is 18.1 Å². The molecule has 7 nitrogen and oxygen atoms in total. The van der Waals surface area contributed by atoms with Gasteiger partial charge in [-0.15, -0.1) is 0 Å². The largest absolute Gasteiger partial charge is 0.494 e. The summed E-state index contributed by atoms with van der Waals surface area (Å²) < 4.78 is 21.0. The topological polar surface area (TPSA) is 82.8 Å². The van der Waals surface area contributed by atoms with E-state index < -0.39 is 0 Å². The first-order valence-corrected chi connectivity index (χ1v) is 7.48. The van der Waals surface area contributed by atoms with Crippen molar-refractivity contribution in [2.75, 3.05) is 19.8 Å².